The maximum Gasteiger partial charge on any atom is 0.0451 e. The summed E-state index contributed by atoms with van der Waals surface area (Å²) in [7, 11) is 0. The van der Waals surface area contributed by atoms with Crippen LogP contribution < -0.4 is 0 Å². The number of rotatable bonds is 2. The predicted molar refractivity (Wildman–Crippen MR) is 63.7 cm³/mol. The van der Waals surface area contributed by atoms with E-state index in [0.717, 1.165) is 16.0 Å². The molecular weight excluding hydrogens is 261 g/mol. The van der Waals surface area contributed by atoms with Gasteiger partial charge in [0.2, 0.25) is 0 Å². The van der Waals surface area contributed by atoms with Gasteiger partial charge in [-0.2, -0.15) is 0 Å². The fraction of sp³-hybridized carbons (Fsp3) is 0.455. The van der Waals surface area contributed by atoms with Crippen LogP contribution in [0, 0.1) is 0 Å². The number of hydrogen-bond acceptors (Lipinski definition) is 1. The van der Waals surface area contributed by atoms with Gasteiger partial charge in [0, 0.05) is 16.0 Å². The van der Waals surface area contributed by atoms with Gasteiger partial charge in [-0.25, -0.2) is 0 Å². The molecule has 1 nitrogen and oxygen atoms in total. The topological polar surface area (TPSA) is 3.24 Å². The molecule has 1 heterocycles. The van der Waals surface area contributed by atoms with E-state index in [-0.39, 0.29) is 0 Å². The van der Waals surface area contributed by atoms with Crippen molar-refractivity contribution < 1.29 is 0 Å². The summed E-state index contributed by atoms with van der Waals surface area (Å²) in [5.41, 5.74) is 1.22. The molecule has 0 amide bonds. The van der Waals surface area contributed by atoms with Crippen LogP contribution in [-0.2, 0) is 6.54 Å². The van der Waals surface area contributed by atoms with Crippen molar-refractivity contribution in [2.45, 2.75) is 19.4 Å². The molecule has 1 aliphatic rings. The Kier molecular flexibility index (Phi) is 3.47. The zero-order valence-electron chi connectivity index (χ0n) is 7.97. The van der Waals surface area contributed by atoms with Gasteiger partial charge >= 0.3 is 0 Å². The predicted octanol–water partition coefficient (Wildman–Crippen LogP) is 3.70. The summed E-state index contributed by atoms with van der Waals surface area (Å²) < 4.78 is 1.11. The molecule has 0 aromatic heterocycles. The van der Waals surface area contributed by atoms with Gasteiger partial charge in [-0.05, 0) is 49.7 Å². The Hall–Kier alpha value is -0.0500. The quantitative estimate of drug-likeness (QED) is 0.795. The van der Waals surface area contributed by atoms with Crippen LogP contribution in [0.4, 0.5) is 0 Å². The highest BCUT2D eigenvalue weighted by Gasteiger charge is 2.13. The molecule has 1 aliphatic heterocycles. The Morgan fingerprint density at radius 2 is 2.00 bits per heavy atom. The van der Waals surface area contributed by atoms with E-state index in [1.165, 1.54) is 31.5 Å². The smallest absolute Gasteiger partial charge is 0.0451 e. The molecule has 1 aromatic carbocycles. The molecular formula is C11H13BrClN. The molecule has 0 unspecified atom stereocenters. The minimum atomic E-state index is 0.875. The molecule has 14 heavy (non-hydrogen) atoms. The summed E-state index contributed by atoms with van der Waals surface area (Å²) >= 11 is 9.60. The van der Waals surface area contributed by atoms with Crippen LogP contribution in [0.25, 0.3) is 0 Å². The summed E-state index contributed by atoms with van der Waals surface area (Å²) in [5.74, 6) is 0. The Balaban J connectivity index is 2.10. The maximum atomic E-state index is 6.13. The minimum Gasteiger partial charge on any atom is -0.299 e. The highest BCUT2D eigenvalue weighted by Crippen LogP contribution is 2.23. The van der Waals surface area contributed by atoms with Crippen LogP contribution in [0.1, 0.15) is 18.4 Å². The van der Waals surface area contributed by atoms with Crippen molar-refractivity contribution in [2.24, 2.45) is 0 Å². The number of likely N-dealkylation sites (tertiary alicyclic amines) is 1. The van der Waals surface area contributed by atoms with E-state index in [2.05, 4.69) is 26.9 Å². The van der Waals surface area contributed by atoms with Crippen molar-refractivity contribution in [3.05, 3.63) is 33.3 Å². The number of benzene rings is 1. The second-order valence-corrected chi connectivity index (χ2v) is 5.04. The van der Waals surface area contributed by atoms with Gasteiger partial charge in [0.25, 0.3) is 0 Å². The molecule has 1 fully saturated rings. The third-order valence-corrected chi connectivity index (χ3v) is 3.46. The van der Waals surface area contributed by atoms with Crippen LogP contribution in [-0.4, -0.2) is 18.0 Å². The Morgan fingerprint density at radius 3 is 2.71 bits per heavy atom. The molecule has 0 spiro atoms. The number of hydrogen-bond donors (Lipinski definition) is 0. The lowest BCUT2D eigenvalue weighted by atomic mass is 10.2. The van der Waals surface area contributed by atoms with Crippen LogP contribution in [0.3, 0.4) is 0 Å². The molecule has 0 atom stereocenters. The molecule has 76 valence electrons. The molecule has 0 N–H and O–H groups in total. The number of nitrogens with zero attached hydrogens (tertiary/aromatic N) is 1. The average molecular weight is 275 g/mol. The van der Waals surface area contributed by atoms with E-state index in [9.17, 15) is 0 Å². The fourth-order valence-electron chi connectivity index (χ4n) is 1.85. The highest BCUT2D eigenvalue weighted by molar-refractivity contribution is 9.10. The van der Waals surface area contributed by atoms with Crippen molar-refractivity contribution in [1.29, 1.82) is 0 Å². The molecule has 3 heteroatoms. The minimum absolute atomic E-state index is 0.875. The first-order valence-electron chi connectivity index (χ1n) is 4.92. The summed E-state index contributed by atoms with van der Waals surface area (Å²) in [4.78, 5) is 2.45. The van der Waals surface area contributed by atoms with E-state index in [1.807, 2.05) is 12.1 Å². The SMILES string of the molecule is Clc1ccc(Br)cc1CN1CCCC1. The zero-order chi connectivity index (χ0) is 9.97. The monoisotopic (exact) mass is 273 g/mol. The Labute approximate surface area is 98.2 Å². The molecule has 0 saturated carbocycles. The first-order valence-corrected chi connectivity index (χ1v) is 6.09. The van der Waals surface area contributed by atoms with E-state index in [1.54, 1.807) is 0 Å². The average Bonchev–Trinajstić information content (AvgIpc) is 2.64. The molecule has 1 saturated heterocycles. The number of halogens is 2. The van der Waals surface area contributed by atoms with Crippen LogP contribution >= 0.6 is 27.5 Å². The van der Waals surface area contributed by atoms with Crippen LogP contribution in [0.5, 0.6) is 0 Å². The Bertz CT molecular complexity index is 321. The highest BCUT2D eigenvalue weighted by atomic mass is 79.9. The van der Waals surface area contributed by atoms with Gasteiger partial charge in [0.05, 0.1) is 0 Å². The first kappa shape index (κ1) is 10.5. The van der Waals surface area contributed by atoms with E-state index in [0.29, 0.717) is 0 Å². The third kappa shape index (κ3) is 2.50. The molecule has 2 rings (SSSR count). The summed E-state index contributed by atoms with van der Waals surface area (Å²) in [5, 5.41) is 0.875. The van der Waals surface area contributed by atoms with E-state index >= 15 is 0 Å². The van der Waals surface area contributed by atoms with Crippen molar-refractivity contribution in [3.63, 3.8) is 0 Å². The molecule has 0 aliphatic carbocycles. The first-order chi connectivity index (χ1) is 6.75. The summed E-state index contributed by atoms with van der Waals surface area (Å²) in [6, 6.07) is 6.05. The van der Waals surface area contributed by atoms with Crippen molar-refractivity contribution in [3.8, 4) is 0 Å². The Morgan fingerprint density at radius 1 is 1.29 bits per heavy atom. The van der Waals surface area contributed by atoms with Gasteiger partial charge in [-0.1, -0.05) is 27.5 Å². The lowest BCUT2D eigenvalue weighted by Gasteiger charge is -2.15. The largest absolute Gasteiger partial charge is 0.299 e. The van der Waals surface area contributed by atoms with E-state index < -0.39 is 0 Å². The normalized spacial score (nSPS) is 17.6. The summed E-state index contributed by atoms with van der Waals surface area (Å²) in [6.45, 7) is 3.41. The van der Waals surface area contributed by atoms with Crippen LogP contribution in [0.15, 0.2) is 22.7 Å². The molecule has 1 aromatic rings. The second-order valence-electron chi connectivity index (χ2n) is 3.72. The zero-order valence-corrected chi connectivity index (χ0v) is 10.3. The second kappa shape index (κ2) is 4.65. The van der Waals surface area contributed by atoms with Gasteiger partial charge in [0.15, 0.2) is 0 Å². The summed E-state index contributed by atoms with van der Waals surface area (Å²) in [6.07, 6.45) is 2.65. The maximum absolute atomic E-state index is 6.13. The van der Waals surface area contributed by atoms with E-state index in [4.69, 9.17) is 11.6 Å². The fourth-order valence-corrected chi connectivity index (χ4v) is 2.43. The standard InChI is InChI=1S/C11H13BrClN/c12-10-3-4-11(13)9(7-10)8-14-5-1-2-6-14/h3-4,7H,1-2,5-6,8H2. The van der Waals surface area contributed by atoms with Gasteiger partial charge in [-0.15, -0.1) is 0 Å². The van der Waals surface area contributed by atoms with Crippen molar-refractivity contribution >= 4 is 27.5 Å². The lowest BCUT2D eigenvalue weighted by Crippen LogP contribution is -2.18. The van der Waals surface area contributed by atoms with Gasteiger partial charge < -0.3 is 0 Å². The van der Waals surface area contributed by atoms with Crippen molar-refractivity contribution in [1.82, 2.24) is 4.90 Å². The van der Waals surface area contributed by atoms with Gasteiger partial charge in [0.1, 0.15) is 0 Å². The molecule has 0 radical (unpaired) electrons. The third-order valence-electron chi connectivity index (χ3n) is 2.60. The van der Waals surface area contributed by atoms with Crippen LogP contribution in [0.2, 0.25) is 5.02 Å². The van der Waals surface area contributed by atoms with Crippen molar-refractivity contribution in [2.75, 3.05) is 13.1 Å². The van der Waals surface area contributed by atoms with Gasteiger partial charge in [-0.3, -0.25) is 4.90 Å². The lowest BCUT2D eigenvalue weighted by molar-refractivity contribution is 0.331. The molecule has 0 bridgehead atoms.